The molecule has 1 N–H and O–H groups in total. The third-order valence-electron chi connectivity index (χ3n) is 4.05. The zero-order valence-corrected chi connectivity index (χ0v) is 13.8. The lowest BCUT2D eigenvalue weighted by Crippen LogP contribution is -2.43. The molecule has 128 valence electrons. The number of carbonyl (C=O) groups excluding carboxylic acids is 1. The van der Waals surface area contributed by atoms with Gasteiger partial charge in [0.25, 0.3) is 0 Å². The Morgan fingerprint density at radius 1 is 1.54 bits per heavy atom. The Labute approximate surface area is 140 Å². The van der Waals surface area contributed by atoms with Gasteiger partial charge in [-0.25, -0.2) is 19.4 Å². The van der Waals surface area contributed by atoms with Crippen LogP contribution in [0.1, 0.15) is 25.3 Å². The fraction of sp³-hybridized carbons (Fsp3) is 0.500. The number of nitrogens with zero attached hydrogens (tertiary/aromatic N) is 5. The molecule has 0 spiro atoms. The summed E-state index contributed by atoms with van der Waals surface area (Å²) in [4.78, 5) is 22.5. The summed E-state index contributed by atoms with van der Waals surface area (Å²) in [5, 5.41) is 7.05. The first kappa shape index (κ1) is 16.4. The molecule has 1 atom stereocenters. The second-order valence-corrected chi connectivity index (χ2v) is 5.66. The van der Waals surface area contributed by atoms with Gasteiger partial charge in [0, 0.05) is 38.0 Å². The number of hydrogen-bond acceptors (Lipinski definition) is 5. The number of carbonyl (C=O) groups is 1. The smallest absolute Gasteiger partial charge is 0.317 e. The van der Waals surface area contributed by atoms with E-state index in [1.54, 1.807) is 22.1 Å². The molecule has 0 radical (unpaired) electrons. The molecule has 3 heterocycles. The lowest BCUT2D eigenvalue weighted by atomic mass is 10.2. The number of urea groups is 1. The standard InChI is InChI=1S/C16H22N6O2/c1-2-21(10-14-6-4-8-24-14)16(23)19-9-13-5-3-7-18-15(13)22-12-17-11-20-22/h3,5,7,11-12,14H,2,4,6,8-10H2,1H3,(H,19,23)/t14-/m1/s1. The average molecular weight is 330 g/mol. The normalized spacial score (nSPS) is 17.0. The van der Waals surface area contributed by atoms with Crippen LogP contribution in [-0.4, -0.2) is 56.5 Å². The Kier molecular flexibility index (Phi) is 5.37. The molecule has 3 rings (SSSR count). The molecule has 1 fully saturated rings. The Balaban J connectivity index is 1.61. The number of likely N-dealkylation sites (N-methyl/N-ethyl adjacent to an activating group) is 1. The van der Waals surface area contributed by atoms with Crippen molar-refractivity contribution in [2.24, 2.45) is 0 Å². The fourth-order valence-corrected chi connectivity index (χ4v) is 2.76. The van der Waals surface area contributed by atoms with Gasteiger partial charge in [-0.3, -0.25) is 0 Å². The van der Waals surface area contributed by atoms with Crippen molar-refractivity contribution in [3.63, 3.8) is 0 Å². The maximum Gasteiger partial charge on any atom is 0.317 e. The third kappa shape index (κ3) is 3.88. The Hall–Kier alpha value is -2.48. The number of amides is 2. The number of pyridine rings is 1. The van der Waals surface area contributed by atoms with Gasteiger partial charge in [0.15, 0.2) is 5.82 Å². The van der Waals surface area contributed by atoms with E-state index in [2.05, 4.69) is 20.4 Å². The number of aromatic nitrogens is 4. The Morgan fingerprint density at radius 3 is 3.17 bits per heavy atom. The highest BCUT2D eigenvalue weighted by atomic mass is 16.5. The molecule has 8 heteroatoms. The first-order valence-corrected chi connectivity index (χ1v) is 8.21. The van der Waals surface area contributed by atoms with Gasteiger partial charge in [-0.2, -0.15) is 5.10 Å². The minimum absolute atomic E-state index is 0.0959. The third-order valence-corrected chi connectivity index (χ3v) is 4.05. The van der Waals surface area contributed by atoms with Gasteiger partial charge < -0.3 is 15.0 Å². The van der Waals surface area contributed by atoms with Crippen LogP contribution in [0.3, 0.4) is 0 Å². The molecule has 2 aromatic heterocycles. The summed E-state index contributed by atoms with van der Waals surface area (Å²) in [6.45, 7) is 4.42. The summed E-state index contributed by atoms with van der Waals surface area (Å²) in [5.41, 5.74) is 0.879. The van der Waals surface area contributed by atoms with Gasteiger partial charge in [-0.15, -0.1) is 0 Å². The highest BCUT2D eigenvalue weighted by Gasteiger charge is 2.21. The van der Waals surface area contributed by atoms with Crippen LogP contribution in [0.5, 0.6) is 0 Å². The summed E-state index contributed by atoms with van der Waals surface area (Å²) in [7, 11) is 0. The van der Waals surface area contributed by atoms with E-state index in [1.807, 2.05) is 19.1 Å². The van der Waals surface area contributed by atoms with Crippen LogP contribution in [0.2, 0.25) is 0 Å². The van der Waals surface area contributed by atoms with Crippen molar-refractivity contribution in [2.75, 3.05) is 19.7 Å². The van der Waals surface area contributed by atoms with Gasteiger partial charge in [0.05, 0.1) is 6.10 Å². The molecule has 2 amide bonds. The molecule has 0 saturated carbocycles. The molecule has 1 aliphatic rings. The van der Waals surface area contributed by atoms with Crippen LogP contribution >= 0.6 is 0 Å². The van der Waals surface area contributed by atoms with Crippen molar-refractivity contribution in [2.45, 2.75) is 32.4 Å². The quantitative estimate of drug-likeness (QED) is 0.865. The minimum atomic E-state index is -0.0959. The second-order valence-electron chi connectivity index (χ2n) is 5.66. The lowest BCUT2D eigenvalue weighted by molar-refractivity contribution is 0.0826. The number of ether oxygens (including phenoxy) is 1. The van der Waals surface area contributed by atoms with Gasteiger partial charge in [-0.05, 0) is 25.8 Å². The lowest BCUT2D eigenvalue weighted by Gasteiger charge is -2.24. The zero-order chi connectivity index (χ0) is 16.8. The molecule has 8 nitrogen and oxygen atoms in total. The highest BCUT2D eigenvalue weighted by molar-refractivity contribution is 5.74. The van der Waals surface area contributed by atoms with Crippen molar-refractivity contribution in [3.05, 3.63) is 36.5 Å². The van der Waals surface area contributed by atoms with Gasteiger partial charge >= 0.3 is 6.03 Å². The Morgan fingerprint density at radius 2 is 2.46 bits per heavy atom. The van der Waals surface area contributed by atoms with Crippen molar-refractivity contribution < 1.29 is 9.53 Å². The maximum absolute atomic E-state index is 12.4. The van der Waals surface area contributed by atoms with E-state index in [0.717, 1.165) is 25.0 Å². The maximum atomic E-state index is 12.4. The van der Waals surface area contributed by atoms with Crippen LogP contribution in [0.15, 0.2) is 31.0 Å². The predicted octanol–water partition coefficient (Wildman–Crippen LogP) is 1.37. The summed E-state index contributed by atoms with van der Waals surface area (Å²) in [6, 6.07) is 3.66. The van der Waals surface area contributed by atoms with Crippen molar-refractivity contribution >= 4 is 6.03 Å². The van der Waals surface area contributed by atoms with Gasteiger partial charge in [-0.1, -0.05) is 6.07 Å². The number of rotatable bonds is 6. The first-order valence-electron chi connectivity index (χ1n) is 8.21. The SMILES string of the molecule is CCN(C[C@H]1CCCO1)C(=O)NCc1cccnc1-n1cncn1. The van der Waals surface area contributed by atoms with E-state index in [9.17, 15) is 4.79 Å². The van der Waals surface area contributed by atoms with E-state index in [1.165, 1.54) is 6.33 Å². The van der Waals surface area contributed by atoms with Crippen molar-refractivity contribution in [1.82, 2.24) is 30.0 Å². The monoisotopic (exact) mass is 330 g/mol. The molecule has 0 bridgehead atoms. The second kappa shape index (κ2) is 7.87. The molecule has 1 saturated heterocycles. The molecular weight excluding hydrogens is 308 g/mol. The summed E-state index contributed by atoms with van der Waals surface area (Å²) >= 11 is 0. The summed E-state index contributed by atoms with van der Waals surface area (Å²) in [6.07, 6.45) is 6.97. The number of nitrogens with one attached hydrogen (secondary N) is 1. The van der Waals surface area contributed by atoms with E-state index in [-0.39, 0.29) is 12.1 Å². The zero-order valence-electron chi connectivity index (χ0n) is 13.8. The minimum Gasteiger partial charge on any atom is -0.376 e. The average Bonchev–Trinajstić information content (AvgIpc) is 3.31. The Bertz CT molecular complexity index is 654. The van der Waals surface area contributed by atoms with E-state index >= 15 is 0 Å². The first-order chi connectivity index (χ1) is 11.8. The van der Waals surface area contributed by atoms with E-state index < -0.39 is 0 Å². The van der Waals surface area contributed by atoms with Crippen LogP contribution in [0, 0.1) is 0 Å². The number of hydrogen-bond donors (Lipinski definition) is 1. The largest absolute Gasteiger partial charge is 0.376 e. The highest BCUT2D eigenvalue weighted by Crippen LogP contribution is 2.14. The van der Waals surface area contributed by atoms with Crippen LogP contribution < -0.4 is 5.32 Å². The van der Waals surface area contributed by atoms with Crippen molar-refractivity contribution in [3.8, 4) is 5.82 Å². The topological polar surface area (TPSA) is 85.2 Å². The van der Waals surface area contributed by atoms with E-state index in [4.69, 9.17) is 4.74 Å². The van der Waals surface area contributed by atoms with Crippen LogP contribution in [0.25, 0.3) is 5.82 Å². The molecular formula is C16H22N6O2. The molecule has 0 unspecified atom stereocenters. The van der Waals surface area contributed by atoms with Crippen LogP contribution in [0.4, 0.5) is 4.79 Å². The summed E-state index contributed by atoms with van der Waals surface area (Å²) in [5.74, 6) is 0.664. The molecule has 0 aliphatic carbocycles. The van der Waals surface area contributed by atoms with Crippen LogP contribution in [-0.2, 0) is 11.3 Å². The fourth-order valence-electron chi connectivity index (χ4n) is 2.76. The van der Waals surface area contributed by atoms with Crippen molar-refractivity contribution in [1.29, 1.82) is 0 Å². The molecule has 1 aliphatic heterocycles. The molecule has 24 heavy (non-hydrogen) atoms. The van der Waals surface area contributed by atoms with Gasteiger partial charge in [0.2, 0.25) is 0 Å². The van der Waals surface area contributed by atoms with E-state index in [0.29, 0.717) is 25.5 Å². The predicted molar refractivity (Wildman–Crippen MR) is 87.6 cm³/mol. The molecule has 2 aromatic rings. The van der Waals surface area contributed by atoms with Gasteiger partial charge in [0.1, 0.15) is 12.7 Å². The molecule has 0 aromatic carbocycles. The summed E-state index contributed by atoms with van der Waals surface area (Å²) < 4.78 is 7.20.